The van der Waals surface area contributed by atoms with E-state index < -0.39 is 125 Å². The molecule has 5 rings (SSSR count). The molecule has 2 heterocycles. The lowest BCUT2D eigenvalue weighted by Gasteiger charge is -2.35. The van der Waals surface area contributed by atoms with E-state index in [0.717, 1.165) is 4.90 Å². The summed E-state index contributed by atoms with van der Waals surface area (Å²) < 4.78 is 118. The lowest BCUT2D eigenvalue weighted by atomic mass is 9.77. The first-order valence-electron chi connectivity index (χ1n) is 20.9. The number of likely N-dealkylation sites (tertiary alicyclic amines) is 1. The van der Waals surface area contributed by atoms with Crippen LogP contribution in [0.5, 0.6) is 11.6 Å². The van der Waals surface area contributed by atoms with Crippen LogP contribution >= 0.6 is 11.6 Å². The first kappa shape index (κ1) is 27.9. The molecule has 1 aromatic carbocycles. The number of ketones is 1. The van der Waals surface area contributed by atoms with Crippen molar-refractivity contribution in [1.82, 2.24) is 15.2 Å². The number of benzene rings is 1. The molecule has 2 amide bonds. The fourth-order valence-corrected chi connectivity index (χ4v) is 8.28. The van der Waals surface area contributed by atoms with Crippen molar-refractivity contribution in [2.45, 2.75) is 102 Å². The molecule has 12 nitrogen and oxygen atoms in total. The predicted molar refractivity (Wildman–Crippen MR) is 192 cm³/mol. The summed E-state index contributed by atoms with van der Waals surface area (Å²) in [4.78, 5) is 61.9. The van der Waals surface area contributed by atoms with Gasteiger partial charge in [0.1, 0.15) is 34.8 Å². The number of Topliss-reactive ketones (excluding diaryl/α,β-unsaturated/α-hetero) is 1. The van der Waals surface area contributed by atoms with Crippen LogP contribution in [0.25, 0.3) is 10.8 Å². The van der Waals surface area contributed by atoms with Crippen LogP contribution in [0.1, 0.15) is 85.8 Å². The molecule has 51 heavy (non-hydrogen) atoms. The standard InChI is InChI=1S/C37H48ClN3O9S/c1-9-21-17-37(21,30(42)20-51(46,47)24-11-12-24)40-32(44)28-15-23(49-33-26-14-22(38)10-13-25(26)29(48-8)18-39-33)19-41(28)34(45)27(35(2,3)4)16-31(43)50-36(5,6)7/h9-10,13-14,18,21,23-24,27-28H,1,11-12,15-17,19-20H2,2-8H3,(H,40,44)/t21-,23-,27-,28+,37-/m1/s1/i2D3,3D3,4D3. The van der Waals surface area contributed by atoms with E-state index in [9.17, 15) is 22.8 Å². The SMILES string of the molecule is [2H]C([2H])([2H])C([C@H](CC(=O)OC(C)(C)C)C(=O)N1C[C@H](Oc2ncc(OC)c3ccc(Cl)cc23)C[C@H]1C(=O)N[C@]1(C(=O)CS(=O)(=O)C2CC2)C[C@H]1C=C)(C([2H])([2H])[2H])C([2H])([2H])[2H]. The summed E-state index contributed by atoms with van der Waals surface area (Å²) in [6, 6.07) is 3.02. The Bertz CT molecular complexity index is 2140. The highest BCUT2D eigenvalue weighted by molar-refractivity contribution is 7.93. The van der Waals surface area contributed by atoms with E-state index in [0.29, 0.717) is 29.4 Å². The summed E-state index contributed by atoms with van der Waals surface area (Å²) in [6.45, 7) is -4.46. The number of amides is 2. The van der Waals surface area contributed by atoms with Crippen molar-refractivity contribution in [2.24, 2.45) is 17.3 Å². The van der Waals surface area contributed by atoms with Crippen LogP contribution in [0.15, 0.2) is 37.1 Å². The van der Waals surface area contributed by atoms with Crippen LogP contribution in [0.4, 0.5) is 0 Å². The fourth-order valence-electron chi connectivity index (χ4n) is 6.40. The van der Waals surface area contributed by atoms with Crippen molar-refractivity contribution in [1.29, 1.82) is 0 Å². The molecule has 5 atom stereocenters. The van der Waals surface area contributed by atoms with Gasteiger partial charge in [-0.1, -0.05) is 38.2 Å². The minimum absolute atomic E-state index is 0.0358. The summed E-state index contributed by atoms with van der Waals surface area (Å²) >= 11 is 6.30. The van der Waals surface area contributed by atoms with E-state index in [2.05, 4.69) is 16.9 Å². The number of hydrogen-bond donors (Lipinski definition) is 1. The van der Waals surface area contributed by atoms with Gasteiger partial charge in [0, 0.05) is 40.5 Å². The van der Waals surface area contributed by atoms with E-state index >= 15 is 4.79 Å². The van der Waals surface area contributed by atoms with Crippen molar-refractivity contribution in [2.75, 3.05) is 19.4 Å². The molecular formula is C37H48ClN3O9S. The number of methoxy groups -OCH3 is 1. The van der Waals surface area contributed by atoms with Gasteiger partial charge in [-0.15, -0.1) is 6.58 Å². The van der Waals surface area contributed by atoms with E-state index in [1.807, 2.05) is 0 Å². The number of carbonyl (C=O) groups excluding carboxylic acids is 4. The number of carbonyl (C=O) groups is 4. The summed E-state index contributed by atoms with van der Waals surface area (Å²) in [5.41, 5.74) is -6.90. The Morgan fingerprint density at radius 1 is 1.20 bits per heavy atom. The van der Waals surface area contributed by atoms with Crippen LogP contribution in [-0.4, -0.2) is 89.8 Å². The molecule has 278 valence electrons. The zero-order valence-electron chi connectivity index (χ0n) is 37.8. The normalized spacial score (nSPS) is 27.4. The number of hydrogen-bond acceptors (Lipinski definition) is 10. The Balaban J connectivity index is 1.63. The third-order valence-corrected chi connectivity index (χ3v) is 11.6. The van der Waals surface area contributed by atoms with Gasteiger partial charge in [-0.05, 0) is 63.6 Å². The molecule has 0 unspecified atom stereocenters. The highest BCUT2D eigenvalue weighted by Gasteiger charge is 2.61. The van der Waals surface area contributed by atoms with Crippen molar-refractivity contribution in [3.63, 3.8) is 0 Å². The summed E-state index contributed by atoms with van der Waals surface area (Å²) in [7, 11) is -2.44. The van der Waals surface area contributed by atoms with Crippen molar-refractivity contribution in [3.05, 3.63) is 42.1 Å². The molecule has 3 aliphatic rings. The lowest BCUT2D eigenvalue weighted by molar-refractivity contribution is -0.161. The van der Waals surface area contributed by atoms with Crippen LogP contribution in [-0.2, 0) is 33.8 Å². The number of rotatable bonds is 13. The molecule has 1 aliphatic heterocycles. The first-order valence-corrected chi connectivity index (χ1v) is 18.5. The molecule has 14 heteroatoms. The van der Waals surface area contributed by atoms with Gasteiger partial charge in [-0.3, -0.25) is 19.2 Å². The molecule has 1 aromatic heterocycles. The van der Waals surface area contributed by atoms with Crippen molar-refractivity contribution < 1.29 is 54.1 Å². The van der Waals surface area contributed by atoms with Gasteiger partial charge in [-0.2, -0.15) is 0 Å². The molecular weight excluding hydrogens is 698 g/mol. The van der Waals surface area contributed by atoms with Gasteiger partial charge >= 0.3 is 5.97 Å². The van der Waals surface area contributed by atoms with Gasteiger partial charge in [0.2, 0.25) is 17.7 Å². The Morgan fingerprint density at radius 2 is 1.90 bits per heavy atom. The van der Waals surface area contributed by atoms with Crippen LogP contribution < -0.4 is 14.8 Å². The second-order valence-electron chi connectivity index (χ2n) is 14.4. The van der Waals surface area contributed by atoms with E-state index in [1.165, 1.54) is 46.2 Å². The average molecular weight is 755 g/mol. The van der Waals surface area contributed by atoms with Crippen molar-refractivity contribution in [3.8, 4) is 11.6 Å². The Kier molecular flexibility index (Phi) is 7.66. The maximum atomic E-state index is 15.1. The maximum Gasteiger partial charge on any atom is 0.307 e. The number of halogens is 1. The minimum Gasteiger partial charge on any atom is -0.494 e. The third-order valence-electron chi connectivity index (χ3n) is 9.24. The zero-order chi connectivity index (χ0) is 45.2. The van der Waals surface area contributed by atoms with Crippen molar-refractivity contribution >= 4 is 55.8 Å². The number of pyridine rings is 1. The molecule has 1 saturated heterocycles. The topological polar surface area (TPSA) is 158 Å². The number of nitrogens with one attached hydrogen (secondary N) is 1. The van der Waals surface area contributed by atoms with Crippen LogP contribution in [0, 0.1) is 17.3 Å². The van der Waals surface area contributed by atoms with E-state index in [1.54, 1.807) is 12.1 Å². The molecule has 0 spiro atoms. The predicted octanol–water partition coefficient (Wildman–Crippen LogP) is 4.85. The molecule has 0 bridgehead atoms. The number of ether oxygens (including phenoxy) is 3. The quantitative estimate of drug-likeness (QED) is 0.222. The smallest absolute Gasteiger partial charge is 0.307 e. The number of fused-ring (bicyclic) bond motifs is 1. The molecule has 1 N–H and O–H groups in total. The van der Waals surface area contributed by atoms with E-state index in [4.69, 9.17) is 38.1 Å². The largest absolute Gasteiger partial charge is 0.494 e. The number of esters is 1. The van der Waals surface area contributed by atoms with Gasteiger partial charge in [0.05, 0.1) is 37.4 Å². The summed E-state index contributed by atoms with van der Waals surface area (Å²) in [6.07, 6.45) is 0.489. The van der Waals surface area contributed by atoms with Gasteiger partial charge in [0.25, 0.3) is 0 Å². The monoisotopic (exact) mass is 754 g/mol. The fraction of sp³-hybridized carbons (Fsp3) is 0.595. The highest BCUT2D eigenvalue weighted by Crippen LogP contribution is 2.47. The lowest BCUT2D eigenvalue weighted by Crippen LogP contribution is -2.55. The second kappa shape index (κ2) is 14.0. The number of nitrogens with zero attached hydrogens (tertiary/aromatic N) is 2. The summed E-state index contributed by atoms with van der Waals surface area (Å²) in [5, 5.41) is 3.05. The van der Waals surface area contributed by atoms with Crippen LogP contribution in [0.3, 0.4) is 0 Å². The zero-order valence-corrected chi connectivity index (χ0v) is 30.4. The van der Waals surface area contributed by atoms with Gasteiger partial charge in [0.15, 0.2) is 15.6 Å². The van der Waals surface area contributed by atoms with Gasteiger partial charge < -0.3 is 24.4 Å². The highest BCUT2D eigenvalue weighted by atomic mass is 35.5. The van der Waals surface area contributed by atoms with E-state index in [-0.39, 0.29) is 17.3 Å². The second-order valence-corrected chi connectivity index (χ2v) is 17.1. The first-order chi connectivity index (χ1) is 27.4. The molecule has 2 saturated carbocycles. The third kappa shape index (κ3) is 8.51. The average Bonchev–Trinajstić information content (AvgIpc) is 4.02. The Hall–Kier alpha value is -3.71. The molecule has 2 aromatic rings. The molecule has 0 radical (unpaired) electrons. The number of sulfone groups is 1. The van der Waals surface area contributed by atoms with Gasteiger partial charge in [-0.25, -0.2) is 13.4 Å². The minimum atomic E-state index is -3.96. The molecule has 3 fully saturated rings. The maximum absolute atomic E-state index is 15.1. The Labute approximate surface area is 317 Å². The Morgan fingerprint density at radius 3 is 2.49 bits per heavy atom. The molecule has 2 aliphatic carbocycles. The number of aromatic nitrogens is 1. The summed E-state index contributed by atoms with van der Waals surface area (Å²) in [5.74, 6) is -8.67. The van der Waals surface area contributed by atoms with Crippen LogP contribution in [0.2, 0.25) is 5.02 Å².